The van der Waals surface area contributed by atoms with E-state index in [1.807, 2.05) is 67.6 Å². The van der Waals surface area contributed by atoms with E-state index in [4.69, 9.17) is 16.6 Å². The lowest BCUT2D eigenvalue weighted by molar-refractivity contribution is -0.136. The number of carboxylic acid groups (broad SMARTS) is 1. The number of carbonyl (C=O) groups is 1. The molecule has 186 valence electrons. The van der Waals surface area contributed by atoms with E-state index in [-0.39, 0.29) is 12.0 Å². The topological polar surface area (TPSA) is 95.9 Å². The molecule has 6 rings (SSSR count). The highest BCUT2D eigenvalue weighted by atomic mass is 35.5. The molecule has 0 bridgehead atoms. The molecular weight excluding hydrogens is 518 g/mol. The summed E-state index contributed by atoms with van der Waals surface area (Å²) < 4.78 is 0.922. The summed E-state index contributed by atoms with van der Waals surface area (Å²) in [5.74, 6) is -0.886. The van der Waals surface area contributed by atoms with E-state index in [2.05, 4.69) is 9.97 Å². The zero-order valence-electron chi connectivity index (χ0n) is 20.2. The Balaban J connectivity index is 1.50. The first-order chi connectivity index (χ1) is 18.4. The molecule has 0 atom stereocenters. The van der Waals surface area contributed by atoms with Gasteiger partial charge in [0.2, 0.25) is 5.56 Å². The number of aromatic nitrogens is 3. The third kappa shape index (κ3) is 4.47. The fourth-order valence-corrected chi connectivity index (χ4v) is 5.95. The van der Waals surface area contributed by atoms with Crippen LogP contribution >= 0.6 is 22.9 Å². The van der Waals surface area contributed by atoms with Crippen LogP contribution in [-0.2, 0) is 11.2 Å². The summed E-state index contributed by atoms with van der Waals surface area (Å²) in [6.07, 6.45) is 1.66. The molecule has 0 saturated carbocycles. The maximum Gasteiger partial charge on any atom is 0.307 e. The number of pyridine rings is 2. The summed E-state index contributed by atoms with van der Waals surface area (Å²) in [5.41, 5.74) is 7.35. The number of aryl methyl sites for hydroxylation is 1. The maximum absolute atomic E-state index is 11.8. The Kier molecular flexibility index (Phi) is 6.02. The van der Waals surface area contributed by atoms with Crippen molar-refractivity contribution in [3.63, 3.8) is 0 Å². The number of nitrogens with zero attached hydrogens (tertiary/aromatic N) is 2. The van der Waals surface area contributed by atoms with Crippen LogP contribution in [0.4, 0.5) is 0 Å². The third-order valence-electron chi connectivity index (χ3n) is 6.50. The molecule has 0 fully saturated rings. The van der Waals surface area contributed by atoms with Crippen molar-refractivity contribution in [1.82, 2.24) is 15.0 Å². The smallest absolute Gasteiger partial charge is 0.307 e. The van der Waals surface area contributed by atoms with Crippen LogP contribution in [0.25, 0.3) is 54.1 Å². The van der Waals surface area contributed by atoms with Gasteiger partial charge in [0.25, 0.3) is 0 Å². The molecule has 0 unspecified atom stereocenters. The fourth-order valence-electron chi connectivity index (χ4n) is 4.69. The predicted molar refractivity (Wildman–Crippen MR) is 153 cm³/mol. The van der Waals surface area contributed by atoms with Crippen LogP contribution in [0.2, 0.25) is 5.02 Å². The second kappa shape index (κ2) is 9.52. The molecule has 2 N–H and O–H groups in total. The van der Waals surface area contributed by atoms with Gasteiger partial charge in [0.1, 0.15) is 5.01 Å². The Morgan fingerprint density at radius 1 is 0.974 bits per heavy atom. The monoisotopic (exact) mass is 537 g/mol. The molecule has 0 spiro atoms. The lowest BCUT2D eigenvalue weighted by atomic mass is 9.93. The number of H-pyrrole nitrogens is 1. The number of rotatable bonds is 5. The average Bonchev–Trinajstić information content (AvgIpc) is 3.32. The molecule has 3 aromatic heterocycles. The Morgan fingerprint density at radius 2 is 1.74 bits per heavy atom. The molecule has 0 aliphatic rings. The lowest BCUT2D eigenvalue weighted by Gasteiger charge is -2.13. The number of halogens is 1. The average molecular weight is 538 g/mol. The summed E-state index contributed by atoms with van der Waals surface area (Å²) >= 11 is 7.66. The van der Waals surface area contributed by atoms with E-state index in [9.17, 15) is 14.7 Å². The van der Waals surface area contributed by atoms with E-state index < -0.39 is 5.97 Å². The van der Waals surface area contributed by atoms with E-state index in [0.29, 0.717) is 5.02 Å². The van der Waals surface area contributed by atoms with Crippen LogP contribution < -0.4 is 5.56 Å². The number of nitrogens with one attached hydrogen (secondary N) is 1. The fraction of sp³-hybridized carbons (Fsp3) is 0.0667. The van der Waals surface area contributed by atoms with Gasteiger partial charge in [-0.15, -0.1) is 11.3 Å². The zero-order valence-corrected chi connectivity index (χ0v) is 21.7. The molecule has 0 amide bonds. The third-order valence-corrected chi connectivity index (χ3v) is 7.89. The first-order valence-electron chi connectivity index (χ1n) is 11.9. The van der Waals surface area contributed by atoms with E-state index in [1.165, 1.54) is 17.4 Å². The van der Waals surface area contributed by atoms with E-state index in [1.54, 1.807) is 12.3 Å². The Bertz CT molecular complexity index is 1930. The van der Waals surface area contributed by atoms with Crippen molar-refractivity contribution in [1.29, 1.82) is 0 Å². The van der Waals surface area contributed by atoms with E-state index in [0.717, 1.165) is 65.2 Å². The van der Waals surface area contributed by atoms with Crippen LogP contribution in [0, 0.1) is 6.92 Å². The van der Waals surface area contributed by atoms with Gasteiger partial charge in [0.05, 0.1) is 22.3 Å². The Morgan fingerprint density at radius 3 is 2.53 bits per heavy atom. The molecule has 6 nitrogen and oxygen atoms in total. The molecule has 38 heavy (non-hydrogen) atoms. The maximum atomic E-state index is 11.8. The first-order valence-corrected chi connectivity index (χ1v) is 13.1. The summed E-state index contributed by atoms with van der Waals surface area (Å²) in [7, 11) is 0. The molecule has 3 heterocycles. The quantitative estimate of drug-likeness (QED) is 0.244. The minimum atomic E-state index is -0.886. The van der Waals surface area contributed by atoms with Crippen LogP contribution in [-0.4, -0.2) is 26.0 Å². The zero-order chi connectivity index (χ0) is 26.4. The molecule has 0 radical (unpaired) electrons. The minimum Gasteiger partial charge on any atom is -0.481 e. The predicted octanol–water partition coefficient (Wildman–Crippen LogP) is 7.12. The summed E-state index contributed by atoms with van der Waals surface area (Å²) in [5, 5.41) is 12.0. The number of aliphatic carboxylic acids is 1. The van der Waals surface area contributed by atoms with Crippen molar-refractivity contribution in [2.24, 2.45) is 0 Å². The molecule has 8 heteroatoms. The number of fused-ring (bicyclic) bond motifs is 2. The second-order valence-electron chi connectivity index (χ2n) is 9.05. The van der Waals surface area contributed by atoms with Gasteiger partial charge in [-0.2, -0.15) is 0 Å². The Labute approximate surface area is 226 Å². The lowest BCUT2D eigenvalue weighted by Crippen LogP contribution is -2.04. The number of thiazole rings is 1. The van der Waals surface area contributed by atoms with Crippen molar-refractivity contribution in [3.8, 4) is 33.0 Å². The minimum absolute atomic E-state index is 0.0869. The molecule has 0 saturated heterocycles. The number of hydrogen-bond donors (Lipinski definition) is 2. The van der Waals surface area contributed by atoms with Crippen molar-refractivity contribution in [2.45, 2.75) is 13.3 Å². The van der Waals surface area contributed by atoms with Crippen LogP contribution in [0.1, 0.15) is 11.1 Å². The van der Waals surface area contributed by atoms with Crippen LogP contribution in [0.15, 0.2) is 83.8 Å². The summed E-state index contributed by atoms with van der Waals surface area (Å²) in [6, 6.07) is 22.4. The highest BCUT2D eigenvalue weighted by Crippen LogP contribution is 2.41. The van der Waals surface area contributed by atoms with Crippen molar-refractivity contribution >= 4 is 50.0 Å². The van der Waals surface area contributed by atoms with Crippen molar-refractivity contribution in [3.05, 3.63) is 105 Å². The molecule has 3 aromatic carbocycles. The van der Waals surface area contributed by atoms with Gasteiger partial charge in [0.15, 0.2) is 0 Å². The molecule has 6 aromatic rings. The normalized spacial score (nSPS) is 11.3. The van der Waals surface area contributed by atoms with Gasteiger partial charge in [-0.1, -0.05) is 35.9 Å². The molecular formula is C30H20ClN3O3S. The molecule has 0 aliphatic heterocycles. The molecule has 0 aliphatic carbocycles. The van der Waals surface area contributed by atoms with E-state index >= 15 is 0 Å². The number of carboxylic acids is 1. The van der Waals surface area contributed by atoms with Gasteiger partial charge in [-0.05, 0) is 71.5 Å². The van der Waals surface area contributed by atoms with Crippen LogP contribution in [0.5, 0.6) is 0 Å². The van der Waals surface area contributed by atoms with Crippen molar-refractivity contribution < 1.29 is 9.90 Å². The van der Waals surface area contributed by atoms with Crippen LogP contribution in [0.3, 0.4) is 0 Å². The van der Waals surface area contributed by atoms with Crippen molar-refractivity contribution in [2.75, 3.05) is 0 Å². The van der Waals surface area contributed by atoms with Gasteiger partial charge in [-0.3, -0.25) is 14.6 Å². The second-order valence-corrected chi connectivity index (χ2v) is 10.5. The highest BCUT2D eigenvalue weighted by molar-refractivity contribution is 7.22. The SMILES string of the molecule is Cc1cc2nc(-c3ccnc(-c4ccc5ccc(=O)[nH]c5c4)c3)sc2c(-c2ccc(Cl)cc2)c1CC(=O)O. The number of aromatic amines is 1. The largest absolute Gasteiger partial charge is 0.481 e. The summed E-state index contributed by atoms with van der Waals surface area (Å²) in [6.45, 7) is 1.92. The first kappa shape index (κ1) is 24.0. The number of benzene rings is 3. The van der Waals surface area contributed by atoms with Gasteiger partial charge in [-0.25, -0.2) is 4.98 Å². The van der Waals surface area contributed by atoms with Gasteiger partial charge >= 0.3 is 5.97 Å². The van der Waals surface area contributed by atoms with Gasteiger partial charge in [0, 0.05) is 39.5 Å². The van der Waals surface area contributed by atoms with Gasteiger partial charge < -0.3 is 10.1 Å². The standard InChI is InChI=1S/C30H20ClN3O3S/c1-16-12-25-29(28(22(16)15-27(36)37)18-4-7-21(31)8-5-18)38-30(34-25)20-10-11-32-23(14-20)19-3-2-17-6-9-26(35)33-24(17)13-19/h2-14H,15H2,1H3,(H,33,35)(H,36,37). The Hall–Kier alpha value is -4.33. The highest BCUT2D eigenvalue weighted by Gasteiger charge is 2.20. The summed E-state index contributed by atoms with van der Waals surface area (Å²) in [4.78, 5) is 35.9. The number of hydrogen-bond acceptors (Lipinski definition) is 5.